The number of nitrogens with one attached hydrogen (secondary N) is 3. The minimum Gasteiger partial charge on any atom is -0.493 e. The number of halogens is 3. The average molecular weight is 617 g/mol. The highest BCUT2D eigenvalue weighted by atomic mass is 35.5. The van der Waals surface area contributed by atoms with Crippen molar-refractivity contribution in [3.8, 4) is 5.75 Å². The number of carbonyl (C=O) groups is 3. The van der Waals surface area contributed by atoms with Gasteiger partial charge in [-0.15, -0.1) is 24.8 Å². The van der Waals surface area contributed by atoms with E-state index in [1.165, 1.54) is 12.1 Å². The van der Waals surface area contributed by atoms with Crippen molar-refractivity contribution in [3.63, 3.8) is 0 Å². The van der Waals surface area contributed by atoms with Gasteiger partial charge in [0.1, 0.15) is 23.7 Å². The Hall–Kier alpha value is -2.14. The van der Waals surface area contributed by atoms with Crippen LogP contribution in [0.25, 0.3) is 0 Å². The summed E-state index contributed by atoms with van der Waals surface area (Å²) in [4.78, 5) is 45.2. The maximum absolute atomic E-state index is 14.3. The summed E-state index contributed by atoms with van der Waals surface area (Å²) < 4.78 is 19.4. The Morgan fingerprint density at radius 2 is 1.78 bits per heavy atom. The summed E-state index contributed by atoms with van der Waals surface area (Å²) in [7, 11) is 1.73. The first-order chi connectivity index (χ1) is 18.9. The standard InChI is InChI=1S/C29H42FN5O4.2ClH/c1-18(31-2)27(36)33-26(19-7-4-3-5-8-19)29(38)35-16-21-9-6-13-34(21)17-24(35)28(37)32-23-12-14-39-25-15-20(30)10-11-22(23)25;;/h10-11,15,18-19,21,23-24,26,31H,3-9,12-14,16-17H2,1-2H3,(H,32,37)(H,33,36);2*1H/t18-,21+,23+,24-,26-;;/m0../s1. The van der Waals surface area contributed by atoms with Crippen LogP contribution in [0.15, 0.2) is 18.2 Å². The lowest BCUT2D eigenvalue weighted by atomic mass is 9.82. The summed E-state index contributed by atoms with van der Waals surface area (Å²) in [5.41, 5.74) is 0.747. The summed E-state index contributed by atoms with van der Waals surface area (Å²) >= 11 is 0. The summed E-state index contributed by atoms with van der Waals surface area (Å²) in [6, 6.07) is 2.56. The molecule has 5 atom stereocenters. The predicted octanol–water partition coefficient (Wildman–Crippen LogP) is 2.96. The van der Waals surface area contributed by atoms with Gasteiger partial charge >= 0.3 is 0 Å². The van der Waals surface area contributed by atoms with Gasteiger partial charge < -0.3 is 25.6 Å². The number of ether oxygens (including phenoxy) is 1. The molecular formula is C29H44Cl2FN5O4. The molecule has 1 saturated carbocycles. The molecule has 3 amide bonds. The number of fused-ring (bicyclic) bond motifs is 2. The van der Waals surface area contributed by atoms with Crippen molar-refractivity contribution >= 4 is 42.5 Å². The van der Waals surface area contributed by atoms with E-state index in [9.17, 15) is 18.8 Å². The number of nitrogens with zero attached hydrogens (tertiary/aromatic N) is 2. The third-order valence-electron chi connectivity index (χ3n) is 9.12. The van der Waals surface area contributed by atoms with Crippen molar-refractivity contribution in [2.45, 2.75) is 88.5 Å². The van der Waals surface area contributed by atoms with Crippen LogP contribution in [0.3, 0.4) is 0 Å². The van der Waals surface area contributed by atoms with Gasteiger partial charge in [0.25, 0.3) is 0 Å². The second-order valence-electron chi connectivity index (χ2n) is 11.6. The molecule has 12 heteroatoms. The van der Waals surface area contributed by atoms with Crippen molar-refractivity contribution in [2.24, 2.45) is 5.92 Å². The number of likely N-dealkylation sites (N-methyl/N-ethyl adjacent to an activating group) is 1. The first-order valence-corrected chi connectivity index (χ1v) is 14.6. The summed E-state index contributed by atoms with van der Waals surface area (Å²) in [5.74, 6) is -0.447. The van der Waals surface area contributed by atoms with Crippen LogP contribution in [0.4, 0.5) is 4.39 Å². The van der Waals surface area contributed by atoms with E-state index >= 15 is 0 Å². The minimum atomic E-state index is -0.664. The zero-order valence-electron chi connectivity index (χ0n) is 23.9. The van der Waals surface area contributed by atoms with E-state index in [0.29, 0.717) is 31.9 Å². The third-order valence-corrected chi connectivity index (χ3v) is 9.12. The van der Waals surface area contributed by atoms with Crippen molar-refractivity contribution in [1.29, 1.82) is 0 Å². The summed E-state index contributed by atoms with van der Waals surface area (Å²) in [5, 5.41) is 9.18. The molecule has 0 spiro atoms. The predicted molar refractivity (Wildman–Crippen MR) is 159 cm³/mol. The largest absolute Gasteiger partial charge is 0.493 e. The van der Waals surface area contributed by atoms with Crippen LogP contribution in [-0.2, 0) is 14.4 Å². The van der Waals surface area contributed by atoms with Crippen LogP contribution in [0.5, 0.6) is 5.75 Å². The van der Waals surface area contributed by atoms with Crippen molar-refractivity contribution in [2.75, 3.05) is 33.3 Å². The molecular weight excluding hydrogens is 572 g/mol. The third kappa shape index (κ3) is 7.45. The highest BCUT2D eigenvalue weighted by Crippen LogP contribution is 2.34. The Kier molecular flexibility index (Phi) is 12.1. The van der Waals surface area contributed by atoms with Gasteiger partial charge in [-0.05, 0) is 58.2 Å². The fourth-order valence-electron chi connectivity index (χ4n) is 6.70. The Morgan fingerprint density at radius 1 is 1.02 bits per heavy atom. The number of benzene rings is 1. The highest BCUT2D eigenvalue weighted by Gasteiger charge is 2.45. The van der Waals surface area contributed by atoms with Crippen LogP contribution in [0.1, 0.15) is 69.9 Å². The Morgan fingerprint density at radius 3 is 2.51 bits per heavy atom. The van der Waals surface area contributed by atoms with Crippen LogP contribution in [0.2, 0.25) is 0 Å². The Bertz CT molecular complexity index is 1080. The number of amides is 3. The zero-order valence-corrected chi connectivity index (χ0v) is 25.5. The second kappa shape index (κ2) is 14.8. The van der Waals surface area contributed by atoms with Crippen molar-refractivity contribution < 1.29 is 23.5 Å². The van der Waals surface area contributed by atoms with Crippen LogP contribution in [0, 0.1) is 11.7 Å². The lowest BCUT2D eigenvalue weighted by Crippen LogP contribution is -2.66. The lowest BCUT2D eigenvalue weighted by molar-refractivity contribution is -0.149. The molecule has 0 radical (unpaired) electrons. The van der Waals surface area contributed by atoms with Crippen LogP contribution in [-0.4, -0.2) is 85.0 Å². The topological polar surface area (TPSA) is 103 Å². The number of carbonyl (C=O) groups excluding carboxylic acids is 3. The molecule has 3 fully saturated rings. The van der Waals surface area contributed by atoms with Gasteiger partial charge in [0.2, 0.25) is 17.7 Å². The van der Waals surface area contributed by atoms with Crippen molar-refractivity contribution in [3.05, 3.63) is 29.6 Å². The van der Waals surface area contributed by atoms with Gasteiger partial charge in [0, 0.05) is 37.2 Å². The number of piperazine rings is 1. The van der Waals surface area contributed by atoms with E-state index in [4.69, 9.17) is 4.74 Å². The maximum atomic E-state index is 14.3. The molecule has 9 nitrogen and oxygen atoms in total. The molecule has 3 aliphatic heterocycles. The van der Waals surface area contributed by atoms with Gasteiger partial charge in [-0.1, -0.05) is 25.3 Å². The van der Waals surface area contributed by atoms with E-state index in [1.54, 1.807) is 24.9 Å². The molecule has 4 aliphatic rings. The van der Waals surface area contributed by atoms with E-state index in [0.717, 1.165) is 57.1 Å². The maximum Gasteiger partial charge on any atom is 0.246 e. The fraction of sp³-hybridized carbons (Fsp3) is 0.690. The fourth-order valence-corrected chi connectivity index (χ4v) is 6.70. The lowest BCUT2D eigenvalue weighted by Gasteiger charge is -2.45. The summed E-state index contributed by atoms with van der Waals surface area (Å²) in [6.07, 6.45) is 7.60. The van der Waals surface area contributed by atoms with Gasteiger partial charge in [0.05, 0.1) is 18.7 Å². The molecule has 3 N–H and O–H groups in total. The molecule has 41 heavy (non-hydrogen) atoms. The molecule has 2 saturated heterocycles. The molecule has 5 rings (SSSR count). The SMILES string of the molecule is CN[C@@H](C)C(=O)N[C@H](C(=O)N1C[C@H]2CCCN2C[C@H]1C(=O)N[C@@H]1CCOc2cc(F)ccc21)C1CCCCC1.Cl.Cl. The Balaban J connectivity index is 0.00000231. The molecule has 1 aliphatic carbocycles. The first-order valence-electron chi connectivity index (χ1n) is 14.6. The Labute approximate surface area is 254 Å². The molecule has 1 aromatic carbocycles. The quantitative estimate of drug-likeness (QED) is 0.436. The minimum absolute atomic E-state index is 0. The molecule has 3 heterocycles. The first kappa shape index (κ1) is 33.4. The molecule has 1 aromatic rings. The van der Waals surface area contributed by atoms with E-state index in [1.807, 2.05) is 0 Å². The van der Waals surface area contributed by atoms with Gasteiger partial charge in [-0.25, -0.2) is 4.39 Å². The zero-order chi connectivity index (χ0) is 27.5. The average Bonchev–Trinajstić information content (AvgIpc) is 3.42. The van der Waals surface area contributed by atoms with E-state index < -0.39 is 18.1 Å². The monoisotopic (exact) mass is 615 g/mol. The second-order valence-corrected chi connectivity index (χ2v) is 11.6. The number of hydrogen-bond donors (Lipinski definition) is 3. The van der Waals surface area contributed by atoms with Crippen molar-refractivity contribution in [1.82, 2.24) is 25.8 Å². The van der Waals surface area contributed by atoms with Crippen LogP contribution >= 0.6 is 24.8 Å². The number of hydrogen-bond acceptors (Lipinski definition) is 6. The van der Waals surface area contributed by atoms with Crippen LogP contribution < -0.4 is 20.7 Å². The van der Waals surface area contributed by atoms with Gasteiger partial charge in [-0.2, -0.15) is 0 Å². The molecule has 0 unspecified atom stereocenters. The number of rotatable bonds is 7. The highest BCUT2D eigenvalue weighted by molar-refractivity contribution is 5.93. The van der Waals surface area contributed by atoms with E-state index in [2.05, 4.69) is 20.9 Å². The normalized spacial score (nSPS) is 25.7. The molecule has 0 aromatic heterocycles. The molecule has 0 bridgehead atoms. The van der Waals surface area contributed by atoms with E-state index in [-0.39, 0.29) is 66.4 Å². The van der Waals surface area contributed by atoms with Gasteiger partial charge in [-0.3, -0.25) is 19.3 Å². The summed E-state index contributed by atoms with van der Waals surface area (Å²) in [6.45, 7) is 4.02. The molecule has 230 valence electrons. The smallest absolute Gasteiger partial charge is 0.246 e. The van der Waals surface area contributed by atoms with Gasteiger partial charge in [0.15, 0.2) is 0 Å².